The van der Waals surface area contributed by atoms with Gasteiger partial charge in [-0.1, -0.05) is 20.3 Å². The largest absolute Gasteiger partial charge is 0.480 e. The third-order valence-electron chi connectivity index (χ3n) is 2.18. The van der Waals surface area contributed by atoms with Crippen LogP contribution in [0.15, 0.2) is 0 Å². The molecule has 3 N–H and O–H groups in total. The van der Waals surface area contributed by atoms with Crippen LogP contribution in [0, 0.1) is 0 Å². The summed E-state index contributed by atoms with van der Waals surface area (Å²) in [7, 11) is 0. The smallest absolute Gasteiger partial charge is 0.321 e. The molecule has 5 nitrogen and oxygen atoms in total. The Hall–Kier alpha value is -1.10. The van der Waals surface area contributed by atoms with E-state index in [1.807, 2.05) is 13.8 Å². The Labute approximate surface area is 96.6 Å². The fraction of sp³-hybridized carbons (Fsp3) is 0.818. The third kappa shape index (κ3) is 7.23. The van der Waals surface area contributed by atoms with Crippen LogP contribution in [0.2, 0.25) is 0 Å². The number of amides is 1. The van der Waals surface area contributed by atoms with Crippen molar-refractivity contribution >= 4 is 11.9 Å². The van der Waals surface area contributed by atoms with Crippen LogP contribution in [0.3, 0.4) is 0 Å². The molecular formula is C11H22N2O3. The summed E-state index contributed by atoms with van der Waals surface area (Å²) >= 11 is 0. The Balaban J connectivity index is 3.88. The van der Waals surface area contributed by atoms with Gasteiger partial charge < -0.3 is 15.7 Å². The van der Waals surface area contributed by atoms with Crippen molar-refractivity contribution in [2.24, 2.45) is 0 Å². The van der Waals surface area contributed by atoms with Gasteiger partial charge in [0.15, 0.2) is 0 Å². The average Bonchev–Trinajstić information content (AvgIpc) is 2.24. The van der Waals surface area contributed by atoms with E-state index in [0.717, 1.165) is 19.3 Å². The fourth-order valence-corrected chi connectivity index (χ4v) is 1.23. The zero-order valence-electron chi connectivity index (χ0n) is 10.1. The normalized spacial score (nSPS) is 12.1. The van der Waals surface area contributed by atoms with Crippen LogP contribution >= 0.6 is 0 Å². The Morgan fingerprint density at radius 2 is 1.88 bits per heavy atom. The van der Waals surface area contributed by atoms with Gasteiger partial charge in [-0.05, 0) is 19.4 Å². The Morgan fingerprint density at radius 3 is 2.38 bits per heavy atom. The van der Waals surface area contributed by atoms with E-state index in [1.165, 1.54) is 0 Å². The summed E-state index contributed by atoms with van der Waals surface area (Å²) in [6, 6.07) is -0.776. The number of carbonyl (C=O) groups excluding carboxylic acids is 1. The van der Waals surface area contributed by atoms with Gasteiger partial charge in [0.1, 0.15) is 6.04 Å². The molecule has 16 heavy (non-hydrogen) atoms. The summed E-state index contributed by atoms with van der Waals surface area (Å²) in [5.41, 5.74) is 0. The van der Waals surface area contributed by atoms with Crippen LogP contribution in [0.25, 0.3) is 0 Å². The Morgan fingerprint density at radius 1 is 1.19 bits per heavy atom. The van der Waals surface area contributed by atoms with Gasteiger partial charge in [-0.2, -0.15) is 0 Å². The highest BCUT2D eigenvalue weighted by Gasteiger charge is 2.19. The molecule has 0 heterocycles. The van der Waals surface area contributed by atoms with Gasteiger partial charge in [0.2, 0.25) is 5.91 Å². The second kappa shape index (κ2) is 9.15. The maximum Gasteiger partial charge on any atom is 0.321 e. The van der Waals surface area contributed by atoms with Gasteiger partial charge >= 0.3 is 5.97 Å². The summed E-state index contributed by atoms with van der Waals surface area (Å²) < 4.78 is 0. The van der Waals surface area contributed by atoms with Crippen molar-refractivity contribution in [1.29, 1.82) is 0 Å². The summed E-state index contributed by atoms with van der Waals surface area (Å²) in [5, 5.41) is 14.4. The van der Waals surface area contributed by atoms with Crippen molar-refractivity contribution in [2.75, 3.05) is 13.1 Å². The van der Waals surface area contributed by atoms with Crippen molar-refractivity contribution in [3.63, 3.8) is 0 Å². The van der Waals surface area contributed by atoms with Crippen LogP contribution in [0.4, 0.5) is 0 Å². The second-order valence-electron chi connectivity index (χ2n) is 3.75. The molecule has 5 heteroatoms. The fourth-order valence-electron chi connectivity index (χ4n) is 1.23. The van der Waals surface area contributed by atoms with Crippen LogP contribution in [-0.4, -0.2) is 36.1 Å². The lowest BCUT2D eigenvalue weighted by molar-refractivity contribution is -0.141. The van der Waals surface area contributed by atoms with Crippen molar-refractivity contribution < 1.29 is 14.7 Å². The number of rotatable bonds is 9. The molecule has 0 aromatic rings. The summed E-state index contributed by atoms with van der Waals surface area (Å²) in [6.07, 6.45) is 2.78. The van der Waals surface area contributed by atoms with E-state index in [0.29, 0.717) is 13.1 Å². The van der Waals surface area contributed by atoms with Crippen molar-refractivity contribution in [3.05, 3.63) is 0 Å². The molecule has 0 rings (SSSR count). The number of carboxylic acids is 1. The predicted molar refractivity (Wildman–Crippen MR) is 62.3 cm³/mol. The number of aliphatic carboxylic acids is 1. The standard InChI is InChI=1S/C11H22N2O3/c1-3-5-7-13-10(14)8-9(11(15)16)12-6-4-2/h9,12H,3-8H2,1-2H3,(H,13,14)(H,15,16). The minimum Gasteiger partial charge on any atom is -0.480 e. The lowest BCUT2D eigenvalue weighted by Gasteiger charge is -2.13. The van der Waals surface area contributed by atoms with E-state index in [-0.39, 0.29) is 12.3 Å². The quantitative estimate of drug-likeness (QED) is 0.511. The van der Waals surface area contributed by atoms with Crippen molar-refractivity contribution in [3.8, 4) is 0 Å². The van der Waals surface area contributed by atoms with Gasteiger partial charge in [0, 0.05) is 6.54 Å². The molecule has 0 saturated carbocycles. The minimum absolute atomic E-state index is 0.000945. The number of carboxylic acid groups (broad SMARTS) is 1. The number of nitrogens with one attached hydrogen (secondary N) is 2. The van der Waals surface area contributed by atoms with Crippen LogP contribution in [-0.2, 0) is 9.59 Å². The van der Waals surface area contributed by atoms with Crippen molar-refractivity contribution in [1.82, 2.24) is 10.6 Å². The monoisotopic (exact) mass is 230 g/mol. The van der Waals surface area contributed by atoms with Gasteiger partial charge in [-0.25, -0.2) is 0 Å². The first kappa shape index (κ1) is 14.9. The molecule has 1 unspecified atom stereocenters. The maximum absolute atomic E-state index is 11.4. The number of carbonyl (C=O) groups is 2. The van der Waals surface area contributed by atoms with Gasteiger partial charge in [0.25, 0.3) is 0 Å². The highest BCUT2D eigenvalue weighted by molar-refractivity contribution is 5.84. The summed E-state index contributed by atoms with van der Waals surface area (Å²) in [4.78, 5) is 22.2. The summed E-state index contributed by atoms with van der Waals surface area (Å²) in [5.74, 6) is -1.18. The zero-order chi connectivity index (χ0) is 12.4. The molecule has 0 aliphatic rings. The van der Waals surface area contributed by atoms with Gasteiger partial charge in [-0.3, -0.25) is 9.59 Å². The average molecular weight is 230 g/mol. The van der Waals surface area contributed by atoms with Gasteiger partial charge in [-0.15, -0.1) is 0 Å². The van der Waals surface area contributed by atoms with E-state index in [9.17, 15) is 9.59 Å². The van der Waals surface area contributed by atoms with Gasteiger partial charge in [0.05, 0.1) is 6.42 Å². The molecule has 94 valence electrons. The zero-order valence-corrected chi connectivity index (χ0v) is 10.1. The maximum atomic E-state index is 11.4. The highest BCUT2D eigenvalue weighted by Crippen LogP contribution is 1.94. The first-order valence-corrected chi connectivity index (χ1v) is 5.84. The summed E-state index contributed by atoms with van der Waals surface area (Å²) in [6.45, 7) is 5.22. The van der Waals surface area contributed by atoms with E-state index >= 15 is 0 Å². The SMILES string of the molecule is CCCCNC(=O)CC(NCCC)C(=O)O. The molecule has 0 fully saturated rings. The van der Waals surface area contributed by atoms with Crippen LogP contribution in [0.5, 0.6) is 0 Å². The molecule has 0 aliphatic carbocycles. The highest BCUT2D eigenvalue weighted by atomic mass is 16.4. The Kier molecular flexibility index (Phi) is 8.52. The molecule has 0 radical (unpaired) electrons. The molecule has 0 spiro atoms. The molecule has 0 saturated heterocycles. The first-order chi connectivity index (χ1) is 7.61. The van der Waals surface area contributed by atoms with Crippen LogP contribution < -0.4 is 10.6 Å². The van der Waals surface area contributed by atoms with Crippen LogP contribution in [0.1, 0.15) is 39.5 Å². The molecular weight excluding hydrogens is 208 g/mol. The molecule has 0 aliphatic heterocycles. The molecule has 0 aromatic heterocycles. The third-order valence-corrected chi connectivity index (χ3v) is 2.18. The van der Waals surface area contributed by atoms with E-state index in [2.05, 4.69) is 10.6 Å². The minimum atomic E-state index is -0.973. The Bertz CT molecular complexity index is 219. The van der Waals surface area contributed by atoms with E-state index in [4.69, 9.17) is 5.11 Å². The van der Waals surface area contributed by atoms with E-state index in [1.54, 1.807) is 0 Å². The molecule has 0 aromatic carbocycles. The lowest BCUT2D eigenvalue weighted by atomic mass is 10.2. The molecule has 0 bridgehead atoms. The lowest BCUT2D eigenvalue weighted by Crippen LogP contribution is -2.41. The molecule has 1 atom stereocenters. The first-order valence-electron chi connectivity index (χ1n) is 5.84. The predicted octanol–water partition coefficient (Wildman–Crippen LogP) is 0.746. The second-order valence-corrected chi connectivity index (χ2v) is 3.75. The van der Waals surface area contributed by atoms with E-state index < -0.39 is 12.0 Å². The topological polar surface area (TPSA) is 78.4 Å². The number of hydrogen-bond acceptors (Lipinski definition) is 3. The number of unbranched alkanes of at least 4 members (excludes halogenated alkanes) is 1. The number of hydrogen-bond donors (Lipinski definition) is 3. The van der Waals surface area contributed by atoms with Crippen molar-refractivity contribution in [2.45, 2.75) is 45.6 Å². The molecule has 1 amide bonds.